The van der Waals surface area contributed by atoms with E-state index in [1.54, 1.807) is 30.3 Å². The third-order valence-electron chi connectivity index (χ3n) is 8.76. The molecule has 264 valence electrons. The van der Waals surface area contributed by atoms with Crippen molar-refractivity contribution in [3.63, 3.8) is 0 Å². The van der Waals surface area contributed by atoms with Crippen LogP contribution in [0.2, 0.25) is 0 Å². The first kappa shape index (κ1) is 35.8. The van der Waals surface area contributed by atoms with Crippen LogP contribution in [0.25, 0.3) is 11.3 Å². The highest BCUT2D eigenvalue weighted by atomic mass is 16.5. The molecule has 1 saturated heterocycles. The largest absolute Gasteiger partial charge is 0.484 e. The average Bonchev–Trinajstić information content (AvgIpc) is 3.61. The van der Waals surface area contributed by atoms with Gasteiger partial charge >= 0.3 is 0 Å². The van der Waals surface area contributed by atoms with E-state index in [1.807, 2.05) is 44.2 Å². The van der Waals surface area contributed by atoms with Gasteiger partial charge in [0.2, 0.25) is 23.6 Å². The van der Waals surface area contributed by atoms with Gasteiger partial charge in [-0.15, -0.1) is 0 Å². The molecule has 5 amide bonds. The SMILES string of the molecule is CC(C)[C@@H]1NC(=O)COc2ccc(cc2)C[C@@H](C(=O)NCCn2nc(-c3ccccc3)ccc2=O)NC(=O)[C@H](C)NC(=O)[C@H]2CCCN2C1=O. The summed E-state index contributed by atoms with van der Waals surface area (Å²) in [5.74, 6) is -2.31. The molecule has 3 aliphatic heterocycles. The Kier molecular flexibility index (Phi) is 11.6. The van der Waals surface area contributed by atoms with E-state index in [9.17, 15) is 28.8 Å². The van der Waals surface area contributed by atoms with Crippen LogP contribution in [0.4, 0.5) is 0 Å². The van der Waals surface area contributed by atoms with Crippen molar-refractivity contribution >= 4 is 29.5 Å². The second-order valence-corrected chi connectivity index (χ2v) is 12.8. The molecule has 4 heterocycles. The van der Waals surface area contributed by atoms with E-state index >= 15 is 0 Å². The summed E-state index contributed by atoms with van der Waals surface area (Å²) < 4.78 is 6.93. The first-order valence-electron chi connectivity index (χ1n) is 16.8. The molecule has 0 saturated carbocycles. The van der Waals surface area contributed by atoms with Gasteiger partial charge in [-0.3, -0.25) is 28.8 Å². The Morgan fingerprint density at radius 3 is 2.40 bits per heavy atom. The molecular weight excluding hydrogens is 642 g/mol. The van der Waals surface area contributed by atoms with Crippen molar-refractivity contribution in [3.05, 3.63) is 82.6 Å². The zero-order valence-corrected chi connectivity index (χ0v) is 28.4. The van der Waals surface area contributed by atoms with E-state index in [0.717, 1.165) is 5.56 Å². The molecule has 3 aromatic rings. The first-order chi connectivity index (χ1) is 24.0. The van der Waals surface area contributed by atoms with E-state index in [1.165, 1.54) is 22.6 Å². The molecule has 0 spiro atoms. The molecule has 14 nitrogen and oxygen atoms in total. The number of rotatable bonds is 6. The summed E-state index contributed by atoms with van der Waals surface area (Å²) in [7, 11) is 0. The number of carbonyl (C=O) groups excluding carboxylic acids is 5. The van der Waals surface area contributed by atoms with Crippen molar-refractivity contribution in [2.75, 3.05) is 19.7 Å². The molecule has 2 aromatic carbocycles. The van der Waals surface area contributed by atoms with Gasteiger partial charge in [0.15, 0.2) is 6.61 Å². The molecule has 1 fully saturated rings. The Balaban J connectivity index is 1.32. The zero-order chi connectivity index (χ0) is 35.8. The number of hydrogen-bond acceptors (Lipinski definition) is 8. The molecule has 50 heavy (non-hydrogen) atoms. The fraction of sp³-hybridized carbons (Fsp3) is 0.417. The van der Waals surface area contributed by atoms with Crippen LogP contribution < -0.4 is 31.6 Å². The van der Waals surface area contributed by atoms with Crippen molar-refractivity contribution in [3.8, 4) is 17.0 Å². The number of amides is 5. The highest BCUT2D eigenvalue weighted by Gasteiger charge is 2.39. The first-order valence-corrected chi connectivity index (χ1v) is 16.8. The summed E-state index contributed by atoms with van der Waals surface area (Å²) in [6, 6.07) is 15.4. The number of ether oxygens (including phenoxy) is 1. The van der Waals surface area contributed by atoms with Gasteiger partial charge in [-0.05, 0) is 49.4 Å². The summed E-state index contributed by atoms with van der Waals surface area (Å²) in [6.07, 6.45) is 1.09. The van der Waals surface area contributed by atoms with Crippen LogP contribution in [-0.2, 0) is 36.9 Å². The van der Waals surface area contributed by atoms with Crippen molar-refractivity contribution in [2.24, 2.45) is 5.92 Å². The standard InChI is InChI=1S/C36H43N7O7/c1-22(2)32-36(49)42-18-7-10-29(42)35(48)38-23(3)33(46)39-28(20-24-11-13-26(14-12-24)50-21-30(44)40-32)34(47)37-17-19-43-31(45)16-15-27(41-43)25-8-5-4-6-9-25/h4-6,8-9,11-16,22-23,28-29,32H,7,10,17-21H2,1-3H3,(H,37,47)(H,38,48)(H,39,46)(H,40,44)/t23-,28-,29+,32-/m0/s1. The van der Waals surface area contributed by atoms with Crippen LogP contribution in [-0.4, -0.2) is 88.1 Å². The van der Waals surface area contributed by atoms with Crippen LogP contribution in [0.15, 0.2) is 71.5 Å². The Labute approximate surface area is 289 Å². The molecule has 0 radical (unpaired) electrons. The molecule has 2 bridgehead atoms. The fourth-order valence-corrected chi connectivity index (χ4v) is 5.98. The van der Waals surface area contributed by atoms with E-state index in [4.69, 9.17) is 4.74 Å². The van der Waals surface area contributed by atoms with Gasteiger partial charge in [0.1, 0.15) is 29.9 Å². The quantitative estimate of drug-likeness (QED) is 0.294. The Hall–Kier alpha value is -5.53. The summed E-state index contributed by atoms with van der Waals surface area (Å²) in [4.78, 5) is 80.7. The van der Waals surface area contributed by atoms with Crippen molar-refractivity contribution < 1.29 is 28.7 Å². The molecule has 4 atom stereocenters. The van der Waals surface area contributed by atoms with Gasteiger partial charge in [0, 0.05) is 31.1 Å². The molecule has 3 aliphatic rings. The number of fused-ring (bicyclic) bond motifs is 13. The van der Waals surface area contributed by atoms with Crippen LogP contribution in [0, 0.1) is 5.92 Å². The number of nitrogens with zero attached hydrogens (tertiary/aromatic N) is 3. The van der Waals surface area contributed by atoms with Crippen LogP contribution in [0.3, 0.4) is 0 Å². The molecule has 4 N–H and O–H groups in total. The van der Waals surface area contributed by atoms with E-state index in [-0.39, 0.29) is 43.5 Å². The second kappa shape index (κ2) is 16.2. The number of aromatic nitrogens is 2. The Morgan fingerprint density at radius 1 is 0.940 bits per heavy atom. The van der Waals surface area contributed by atoms with Gasteiger partial charge in [-0.1, -0.05) is 56.3 Å². The lowest BCUT2D eigenvalue weighted by Gasteiger charge is -2.31. The van der Waals surface area contributed by atoms with Gasteiger partial charge < -0.3 is 30.9 Å². The number of carbonyl (C=O) groups is 5. The number of benzene rings is 2. The average molecular weight is 686 g/mol. The summed E-state index contributed by atoms with van der Waals surface area (Å²) in [5.41, 5.74) is 1.81. The third kappa shape index (κ3) is 8.92. The predicted octanol–water partition coefficient (Wildman–Crippen LogP) is 0.783. The van der Waals surface area contributed by atoms with Crippen LogP contribution in [0.5, 0.6) is 5.75 Å². The lowest BCUT2D eigenvalue weighted by atomic mass is 10.0. The lowest BCUT2D eigenvalue weighted by Crippen LogP contribution is -2.58. The minimum atomic E-state index is -1.04. The van der Waals surface area contributed by atoms with Gasteiger partial charge in [-0.25, -0.2) is 4.68 Å². The van der Waals surface area contributed by atoms with E-state index in [0.29, 0.717) is 36.4 Å². The Morgan fingerprint density at radius 2 is 1.68 bits per heavy atom. The van der Waals surface area contributed by atoms with Crippen molar-refractivity contribution in [1.82, 2.24) is 35.9 Å². The number of nitrogens with one attached hydrogen (secondary N) is 4. The van der Waals surface area contributed by atoms with Crippen LogP contribution >= 0.6 is 0 Å². The van der Waals surface area contributed by atoms with E-state index in [2.05, 4.69) is 26.4 Å². The fourth-order valence-electron chi connectivity index (χ4n) is 5.98. The van der Waals surface area contributed by atoms with Crippen molar-refractivity contribution in [2.45, 2.75) is 70.7 Å². The highest BCUT2D eigenvalue weighted by molar-refractivity contribution is 5.96. The summed E-state index contributed by atoms with van der Waals surface area (Å²) in [5, 5.41) is 15.4. The van der Waals surface area contributed by atoms with Gasteiger partial charge in [0.05, 0.1) is 12.2 Å². The normalized spacial score (nSPS) is 22.0. The summed E-state index contributed by atoms with van der Waals surface area (Å²) in [6.45, 7) is 5.27. The third-order valence-corrected chi connectivity index (χ3v) is 8.76. The molecule has 0 unspecified atom stereocenters. The smallest absolute Gasteiger partial charge is 0.266 e. The zero-order valence-electron chi connectivity index (χ0n) is 28.4. The van der Waals surface area contributed by atoms with Crippen molar-refractivity contribution in [1.29, 1.82) is 0 Å². The molecule has 14 heteroatoms. The minimum absolute atomic E-state index is 0.0560. The Bertz CT molecular complexity index is 1760. The van der Waals surface area contributed by atoms with Crippen LogP contribution in [0.1, 0.15) is 39.2 Å². The topological polar surface area (TPSA) is 181 Å². The maximum atomic E-state index is 13.6. The van der Waals surface area contributed by atoms with E-state index < -0.39 is 47.8 Å². The maximum Gasteiger partial charge on any atom is 0.266 e. The van der Waals surface area contributed by atoms with Gasteiger partial charge in [-0.2, -0.15) is 5.10 Å². The summed E-state index contributed by atoms with van der Waals surface area (Å²) >= 11 is 0. The molecule has 6 rings (SSSR count). The molecule has 1 aromatic heterocycles. The maximum absolute atomic E-state index is 13.6. The van der Waals surface area contributed by atoms with Gasteiger partial charge in [0.25, 0.3) is 11.5 Å². The molecular formula is C36H43N7O7. The highest BCUT2D eigenvalue weighted by Crippen LogP contribution is 2.21. The predicted molar refractivity (Wildman–Crippen MR) is 184 cm³/mol. The lowest BCUT2D eigenvalue weighted by molar-refractivity contribution is -0.143. The minimum Gasteiger partial charge on any atom is -0.484 e. The second-order valence-electron chi connectivity index (χ2n) is 12.8. The molecule has 0 aliphatic carbocycles. The monoisotopic (exact) mass is 685 g/mol. The number of hydrogen-bond donors (Lipinski definition) is 4.